The first-order valence-corrected chi connectivity index (χ1v) is 7.27. The molecule has 0 heterocycles. The molecule has 22 heavy (non-hydrogen) atoms. The van der Waals surface area contributed by atoms with Crippen LogP contribution < -0.4 is 11.1 Å². The van der Waals surface area contributed by atoms with Crippen LogP contribution in [0.4, 0.5) is 10.1 Å². The lowest BCUT2D eigenvalue weighted by Gasteiger charge is -2.57. The standard InChI is InChI=1S/C15H20ClFN2O2.ClH/c1-4-21-12-8-15(18,14(12,2)3)13(20)19-9-5-6-11(17)10(16)7-9;/h5-7,12H,4,8,18H2,1-3H3,(H,19,20);1H. The zero-order valence-electron chi connectivity index (χ0n) is 12.8. The number of carbonyl (C=O) groups excluding carboxylic acids is 1. The first-order valence-electron chi connectivity index (χ1n) is 6.89. The molecule has 0 radical (unpaired) electrons. The van der Waals surface area contributed by atoms with E-state index in [1.54, 1.807) is 0 Å². The van der Waals surface area contributed by atoms with E-state index in [1.807, 2.05) is 20.8 Å². The SMILES string of the molecule is CCOC1CC(N)(C(=O)Nc2ccc(F)c(Cl)c2)C1(C)C.Cl. The normalized spacial score (nSPS) is 25.8. The minimum atomic E-state index is -1.02. The Bertz CT molecular complexity index is 568. The van der Waals surface area contributed by atoms with Crippen LogP contribution in [-0.2, 0) is 9.53 Å². The summed E-state index contributed by atoms with van der Waals surface area (Å²) in [6, 6.07) is 4.02. The molecule has 2 atom stereocenters. The van der Waals surface area contributed by atoms with Gasteiger partial charge in [-0.15, -0.1) is 12.4 Å². The molecular formula is C15H21Cl2FN2O2. The number of hydrogen-bond donors (Lipinski definition) is 2. The van der Waals surface area contributed by atoms with Gasteiger partial charge in [0.1, 0.15) is 11.4 Å². The van der Waals surface area contributed by atoms with E-state index in [9.17, 15) is 9.18 Å². The van der Waals surface area contributed by atoms with E-state index >= 15 is 0 Å². The number of nitrogens with one attached hydrogen (secondary N) is 1. The molecule has 4 nitrogen and oxygen atoms in total. The van der Waals surface area contributed by atoms with Gasteiger partial charge in [-0.05, 0) is 25.1 Å². The molecule has 1 aliphatic rings. The summed E-state index contributed by atoms with van der Waals surface area (Å²) < 4.78 is 18.7. The molecule has 2 rings (SSSR count). The van der Waals surface area contributed by atoms with Gasteiger partial charge >= 0.3 is 0 Å². The van der Waals surface area contributed by atoms with Crippen LogP contribution in [0.15, 0.2) is 18.2 Å². The van der Waals surface area contributed by atoms with E-state index in [1.165, 1.54) is 18.2 Å². The van der Waals surface area contributed by atoms with Crippen LogP contribution in [0.1, 0.15) is 27.2 Å². The number of amides is 1. The van der Waals surface area contributed by atoms with Gasteiger partial charge < -0.3 is 15.8 Å². The van der Waals surface area contributed by atoms with Crippen molar-refractivity contribution in [3.63, 3.8) is 0 Å². The third-order valence-corrected chi connectivity index (χ3v) is 4.70. The van der Waals surface area contributed by atoms with Crippen molar-refractivity contribution in [1.29, 1.82) is 0 Å². The molecule has 1 amide bonds. The van der Waals surface area contributed by atoms with Crippen molar-refractivity contribution >= 4 is 35.6 Å². The summed E-state index contributed by atoms with van der Waals surface area (Å²) in [7, 11) is 0. The molecule has 1 aromatic rings. The van der Waals surface area contributed by atoms with Crippen LogP contribution in [0.2, 0.25) is 5.02 Å². The van der Waals surface area contributed by atoms with E-state index in [2.05, 4.69) is 5.32 Å². The second-order valence-electron chi connectivity index (χ2n) is 5.92. The van der Waals surface area contributed by atoms with Gasteiger partial charge in [0.05, 0.1) is 11.1 Å². The fourth-order valence-corrected chi connectivity index (χ4v) is 2.82. The molecule has 0 saturated heterocycles. The monoisotopic (exact) mass is 350 g/mol. The summed E-state index contributed by atoms with van der Waals surface area (Å²) >= 11 is 5.70. The lowest BCUT2D eigenvalue weighted by Crippen LogP contribution is -2.74. The van der Waals surface area contributed by atoms with Gasteiger partial charge in [0.15, 0.2) is 0 Å². The summed E-state index contributed by atoms with van der Waals surface area (Å²) in [6.45, 7) is 6.31. The fraction of sp³-hybridized carbons (Fsp3) is 0.533. The summed E-state index contributed by atoms with van der Waals surface area (Å²) in [5, 5.41) is 2.66. The number of benzene rings is 1. The predicted molar refractivity (Wildman–Crippen MR) is 88.0 cm³/mol. The van der Waals surface area contributed by atoms with Crippen molar-refractivity contribution in [2.75, 3.05) is 11.9 Å². The third-order valence-electron chi connectivity index (χ3n) is 4.41. The Morgan fingerprint density at radius 2 is 2.18 bits per heavy atom. The van der Waals surface area contributed by atoms with Crippen molar-refractivity contribution in [3.05, 3.63) is 29.0 Å². The van der Waals surface area contributed by atoms with Crippen molar-refractivity contribution < 1.29 is 13.9 Å². The molecule has 0 aliphatic heterocycles. The summed E-state index contributed by atoms with van der Waals surface area (Å²) in [6.07, 6.45) is 0.407. The van der Waals surface area contributed by atoms with E-state index < -0.39 is 16.8 Å². The lowest BCUT2D eigenvalue weighted by molar-refractivity contribution is -0.166. The Morgan fingerprint density at radius 1 is 1.55 bits per heavy atom. The Hall–Kier alpha value is -0.880. The second-order valence-corrected chi connectivity index (χ2v) is 6.33. The predicted octanol–water partition coefficient (Wildman–Crippen LogP) is 3.37. The minimum absolute atomic E-state index is 0. The van der Waals surface area contributed by atoms with Gasteiger partial charge in [-0.2, -0.15) is 0 Å². The highest BCUT2D eigenvalue weighted by Gasteiger charge is 2.62. The van der Waals surface area contributed by atoms with Crippen LogP contribution >= 0.6 is 24.0 Å². The van der Waals surface area contributed by atoms with Crippen molar-refractivity contribution in [1.82, 2.24) is 0 Å². The van der Waals surface area contributed by atoms with Gasteiger partial charge in [0, 0.05) is 24.1 Å². The number of anilines is 1. The molecule has 0 spiro atoms. The zero-order valence-corrected chi connectivity index (χ0v) is 14.4. The van der Waals surface area contributed by atoms with Crippen LogP contribution in [0.25, 0.3) is 0 Å². The van der Waals surface area contributed by atoms with Crippen LogP contribution in [0.3, 0.4) is 0 Å². The molecule has 124 valence electrons. The third kappa shape index (κ3) is 3.08. The highest BCUT2D eigenvalue weighted by molar-refractivity contribution is 6.31. The lowest BCUT2D eigenvalue weighted by atomic mass is 9.54. The smallest absolute Gasteiger partial charge is 0.245 e. The number of carbonyl (C=O) groups is 1. The highest BCUT2D eigenvalue weighted by Crippen LogP contribution is 2.50. The highest BCUT2D eigenvalue weighted by atomic mass is 35.5. The van der Waals surface area contributed by atoms with Gasteiger partial charge in [-0.25, -0.2) is 4.39 Å². The molecule has 1 fully saturated rings. The van der Waals surface area contributed by atoms with E-state index in [0.717, 1.165) is 0 Å². The first-order chi connectivity index (χ1) is 9.72. The molecule has 2 unspecified atom stereocenters. The maximum absolute atomic E-state index is 13.1. The van der Waals surface area contributed by atoms with Gasteiger partial charge in [0.25, 0.3) is 0 Å². The quantitative estimate of drug-likeness (QED) is 0.874. The molecule has 7 heteroatoms. The van der Waals surface area contributed by atoms with Crippen LogP contribution in [-0.4, -0.2) is 24.2 Å². The Balaban J connectivity index is 0.00000242. The average molecular weight is 351 g/mol. The second kappa shape index (κ2) is 6.71. The number of rotatable bonds is 4. The molecule has 1 saturated carbocycles. The number of ether oxygens (including phenoxy) is 1. The van der Waals surface area contributed by atoms with E-state index in [0.29, 0.717) is 18.7 Å². The average Bonchev–Trinajstić information content (AvgIpc) is 2.42. The van der Waals surface area contributed by atoms with Crippen molar-refractivity contribution in [2.24, 2.45) is 11.1 Å². The molecule has 1 aliphatic carbocycles. The number of hydrogen-bond acceptors (Lipinski definition) is 3. The van der Waals surface area contributed by atoms with Crippen molar-refractivity contribution in [3.8, 4) is 0 Å². The zero-order chi connectivity index (χ0) is 15.8. The van der Waals surface area contributed by atoms with Crippen LogP contribution in [0, 0.1) is 11.2 Å². The van der Waals surface area contributed by atoms with Gasteiger partial charge in [-0.3, -0.25) is 4.79 Å². The Labute approximate surface area is 140 Å². The summed E-state index contributed by atoms with van der Waals surface area (Å²) in [5.41, 5.74) is 5.19. The van der Waals surface area contributed by atoms with E-state index in [4.69, 9.17) is 22.1 Å². The summed E-state index contributed by atoms with van der Waals surface area (Å²) in [4.78, 5) is 12.4. The number of halogens is 3. The maximum Gasteiger partial charge on any atom is 0.245 e. The molecule has 0 aromatic heterocycles. The van der Waals surface area contributed by atoms with Crippen LogP contribution in [0.5, 0.6) is 0 Å². The Morgan fingerprint density at radius 3 is 2.68 bits per heavy atom. The fourth-order valence-electron chi connectivity index (χ4n) is 2.64. The van der Waals surface area contributed by atoms with Gasteiger partial charge in [-0.1, -0.05) is 25.4 Å². The van der Waals surface area contributed by atoms with Gasteiger partial charge in [0.2, 0.25) is 5.91 Å². The Kier molecular flexibility index (Phi) is 5.84. The molecule has 1 aromatic carbocycles. The van der Waals surface area contributed by atoms with E-state index in [-0.39, 0.29) is 29.4 Å². The molecule has 3 N–H and O–H groups in total. The maximum atomic E-state index is 13.1. The first kappa shape index (κ1) is 19.2. The largest absolute Gasteiger partial charge is 0.378 e. The van der Waals surface area contributed by atoms with Crippen molar-refractivity contribution in [2.45, 2.75) is 38.8 Å². The number of nitrogens with two attached hydrogens (primary N) is 1. The molecular weight excluding hydrogens is 330 g/mol. The molecule has 0 bridgehead atoms. The summed E-state index contributed by atoms with van der Waals surface area (Å²) in [5.74, 6) is -0.844. The topological polar surface area (TPSA) is 64.3 Å². The minimum Gasteiger partial charge on any atom is -0.378 e.